The molecular weight excluding hydrogens is 214 g/mol. The van der Waals surface area contributed by atoms with E-state index in [4.69, 9.17) is 0 Å². The largest absolute Gasteiger partial charge is 0.303 e. The van der Waals surface area contributed by atoms with E-state index in [1.54, 1.807) is 11.9 Å². The number of carbonyl (C=O) groups is 1. The number of hydrazone groups is 1. The molecule has 0 bridgehead atoms. The molecule has 0 spiro atoms. The van der Waals surface area contributed by atoms with E-state index >= 15 is 0 Å². The first-order valence-corrected chi connectivity index (χ1v) is 6.35. The van der Waals surface area contributed by atoms with Crippen molar-refractivity contribution < 1.29 is 4.79 Å². The zero-order valence-corrected chi connectivity index (χ0v) is 10.9. The molecular formula is C13H23N3O. The summed E-state index contributed by atoms with van der Waals surface area (Å²) in [4.78, 5) is 12.5. The van der Waals surface area contributed by atoms with Crippen LogP contribution in [0.4, 0.5) is 0 Å². The highest BCUT2D eigenvalue weighted by atomic mass is 16.1. The summed E-state index contributed by atoms with van der Waals surface area (Å²) in [5, 5.41) is 5.83. The molecule has 0 N–H and O–H groups in total. The number of hydrogen-bond donors (Lipinski definition) is 0. The minimum Gasteiger partial charge on any atom is -0.303 e. The summed E-state index contributed by atoms with van der Waals surface area (Å²) in [6.45, 7) is 6.54. The van der Waals surface area contributed by atoms with E-state index < -0.39 is 0 Å². The summed E-state index contributed by atoms with van der Waals surface area (Å²) in [5.74, 6) is 1.67. The summed E-state index contributed by atoms with van der Waals surface area (Å²) in [7, 11) is 1.76. The molecule has 0 unspecified atom stereocenters. The molecule has 96 valence electrons. The molecule has 0 heterocycles. The Balaban J connectivity index is 2.66. The monoisotopic (exact) mass is 237 g/mol. The highest BCUT2D eigenvalue weighted by Gasteiger charge is 2.21. The lowest BCUT2D eigenvalue weighted by Crippen LogP contribution is -2.29. The van der Waals surface area contributed by atoms with Crippen molar-refractivity contribution >= 4 is 13.1 Å². The molecule has 1 aliphatic rings. The molecule has 0 atom stereocenters. The normalized spacial score (nSPS) is 15.5. The van der Waals surface area contributed by atoms with E-state index in [2.05, 4.69) is 24.8 Å². The van der Waals surface area contributed by atoms with Gasteiger partial charge in [0.25, 0.3) is 0 Å². The molecule has 0 aromatic rings. The number of carbonyl (C=O) groups excluding carboxylic acids is 1. The maximum atomic E-state index is 10.9. The van der Waals surface area contributed by atoms with Crippen LogP contribution in [0.2, 0.25) is 0 Å². The van der Waals surface area contributed by atoms with E-state index in [-0.39, 0.29) is 0 Å². The predicted molar refractivity (Wildman–Crippen MR) is 70.4 cm³/mol. The fraction of sp³-hybridized carbons (Fsp3) is 0.692. The van der Waals surface area contributed by atoms with Gasteiger partial charge in [-0.15, -0.1) is 0 Å². The molecule has 1 rings (SSSR count). The molecule has 1 fully saturated rings. The van der Waals surface area contributed by atoms with Crippen LogP contribution in [-0.2, 0) is 4.79 Å². The number of nitrogens with zero attached hydrogens (tertiary/aromatic N) is 3. The minimum absolute atomic E-state index is 0.808. The van der Waals surface area contributed by atoms with E-state index in [1.165, 1.54) is 12.8 Å². The van der Waals surface area contributed by atoms with Gasteiger partial charge < -0.3 is 4.90 Å². The van der Waals surface area contributed by atoms with Crippen LogP contribution in [0.5, 0.6) is 0 Å². The summed E-state index contributed by atoms with van der Waals surface area (Å²) in [6.07, 6.45) is 8.74. The highest BCUT2D eigenvalue weighted by Crippen LogP contribution is 2.33. The lowest BCUT2D eigenvalue weighted by molar-refractivity contribution is -0.116. The molecule has 1 amide bonds. The van der Waals surface area contributed by atoms with Gasteiger partial charge in [0.15, 0.2) is 0 Å². The quantitative estimate of drug-likeness (QED) is 0.351. The number of hydrogen-bond acceptors (Lipinski definition) is 3. The van der Waals surface area contributed by atoms with Crippen LogP contribution in [0.3, 0.4) is 0 Å². The highest BCUT2D eigenvalue weighted by molar-refractivity contribution is 5.50. The lowest BCUT2D eigenvalue weighted by atomic mass is 10.2. The van der Waals surface area contributed by atoms with Crippen molar-refractivity contribution in [1.82, 2.24) is 9.91 Å². The van der Waals surface area contributed by atoms with Crippen LogP contribution in [0, 0.1) is 5.92 Å². The van der Waals surface area contributed by atoms with Crippen molar-refractivity contribution in [1.29, 1.82) is 0 Å². The SMILES string of the molecule is C=NN(CCCC)/C(=C\CC1CC1)N(C)C=O. The van der Waals surface area contributed by atoms with E-state index in [0.29, 0.717) is 0 Å². The average molecular weight is 237 g/mol. The third-order valence-corrected chi connectivity index (χ3v) is 3.01. The first-order chi connectivity index (χ1) is 8.22. The molecule has 0 aromatic carbocycles. The Morgan fingerprint density at radius 3 is 2.71 bits per heavy atom. The second-order valence-corrected chi connectivity index (χ2v) is 4.58. The molecule has 0 radical (unpaired) electrons. The molecule has 17 heavy (non-hydrogen) atoms. The second-order valence-electron chi connectivity index (χ2n) is 4.58. The Morgan fingerprint density at radius 1 is 1.53 bits per heavy atom. The molecule has 4 nitrogen and oxygen atoms in total. The average Bonchev–Trinajstić information content (AvgIpc) is 3.16. The van der Waals surface area contributed by atoms with Gasteiger partial charge in [0.05, 0.1) is 0 Å². The topological polar surface area (TPSA) is 35.9 Å². The molecule has 0 saturated heterocycles. The predicted octanol–water partition coefficient (Wildman–Crippen LogP) is 2.43. The van der Waals surface area contributed by atoms with Gasteiger partial charge in [0.2, 0.25) is 6.41 Å². The fourth-order valence-corrected chi connectivity index (χ4v) is 1.68. The van der Waals surface area contributed by atoms with Crippen LogP contribution in [0.25, 0.3) is 0 Å². The van der Waals surface area contributed by atoms with Crippen molar-refractivity contribution in [2.45, 2.75) is 39.0 Å². The van der Waals surface area contributed by atoms with Crippen LogP contribution in [-0.4, -0.2) is 36.6 Å². The standard InChI is InChI=1S/C13H23N3O/c1-4-5-10-16(14-2)13(15(3)11-17)9-8-12-6-7-12/h9,11-12H,2,4-8,10H2,1,3H3/b13-9-. The summed E-state index contributed by atoms with van der Waals surface area (Å²) < 4.78 is 0. The third-order valence-electron chi connectivity index (χ3n) is 3.01. The maximum Gasteiger partial charge on any atom is 0.215 e. The Hall–Kier alpha value is -1.32. The summed E-state index contributed by atoms with van der Waals surface area (Å²) in [5.41, 5.74) is 0. The smallest absolute Gasteiger partial charge is 0.215 e. The van der Waals surface area contributed by atoms with Crippen molar-refractivity contribution in [3.63, 3.8) is 0 Å². The van der Waals surface area contributed by atoms with Crippen molar-refractivity contribution in [3.8, 4) is 0 Å². The molecule has 4 heteroatoms. The molecule has 0 aliphatic heterocycles. The molecule has 0 aromatic heterocycles. The zero-order chi connectivity index (χ0) is 12.7. The Labute approximate surface area is 104 Å². The minimum atomic E-state index is 0.808. The first-order valence-electron chi connectivity index (χ1n) is 6.35. The van der Waals surface area contributed by atoms with Crippen LogP contribution >= 0.6 is 0 Å². The number of unbranched alkanes of at least 4 members (excludes halogenated alkanes) is 1. The van der Waals surface area contributed by atoms with Gasteiger partial charge >= 0.3 is 0 Å². The van der Waals surface area contributed by atoms with Gasteiger partial charge in [-0.05, 0) is 37.7 Å². The summed E-state index contributed by atoms with van der Waals surface area (Å²) >= 11 is 0. The molecule has 1 aliphatic carbocycles. The summed E-state index contributed by atoms with van der Waals surface area (Å²) in [6, 6.07) is 0. The van der Waals surface area contributed by atoms with Gasteiger partial charge in [-0.25, -0.2) is 0 Å². The van der Waals surface area contributed by atoms with Crippen molar-refractivity contribution in [2.75, 3.05) is 13.6 Å². The van der Waals surface area contributed by atoms with Gasteiger partial charge in [-0.3, -0.25) is 9.80 Å². The van der Waals surface area contributed by atoms with Gasteiger partial charge in [-0.1, -0.05) is 13.3 Å². The van der Waals surface area contributed by atoms with Crippen molar-refractivity contribution in [3.05, 3.63) is 11.9 Å². The fourth-order valence-electron chi connectivity index (χ4n) is 1.68. The number of allylic oxidation sites excluding steroid dienone is 1. The maximum absolute atomic E-state index is 10.9. The lowest BCUT2D eigenvalue weighted by Gasteiger charge is -2.26. The Kier molecular flexibility index (Phi) is 5.73. The van der Waals surface area contributed by atoms with Gasteiger partial charge in [0, 0.05) is 20.3 Å². The Morgan fingerprint density at radius 2 is 2.24 bits per heavy atom. The first kappa shape index (κ1) is 13.7. The third kappa shape index (κ3) is 4.59. The van der Waals surface area contributed by atoms with Gasteiger partial charge in [-0.2, -0.15) is 5.10 Å². The second kappa shape index (κ2) is 7.09. The Bertz CT molecular complexity index is 284. The number of amides is 1. The zero-order valence-electron chi connectivity index (χ0n) is 10.9. The van der Waals surface area contributed by atoms with Crippen LogP contribution < -0.4 is 0 Å². The number of rotatable bonds is 9. The van der Waals surface area contributed by atoms with Crippen molar-refractivity contribution in [2.24, 2.45) is 11.0 Å². The van der Waals surface area contributed by atoms with E-state index in [0.717, 1.165) is 44.0 Å². The molecule has 1 saturated carbocycles. The van der Waals surface area contributed by atoms with Crippen LogP contribution in [0.15, 0.2) is 17.0 Å². The van der Waals surface area contributed by atoms with Gasteiger partial charge in [0.1, 0.15) is 5.82 Å². The van der Waals surface area contributed by atoms with Crippen LogP contribution in [0.1, 0.15) is 39.0 Å². The van der Waals surface area contributed by atoms with E-state index in [1.807, 2.05) is 5.01 Å². The van der Waals surface area contributed by atoms with E-state index in [9.17, 15) is 4.79 Å².